The molecule has 0 saturated heterocycles. The van der Waals surface area contributed by atoms with Crippen LogP contribution in [0.5, 0.6) is 0 Å². The van der Waals surface area contributed by atoms with Gasteiger partial charge in [-0.15, -0.1) is 0 Å². The molecule has 0 unspecified atom stereocenters. The van der Waals surface area contributed by atoms with E-state index in [0.29, 0.717) is 16.8 Å². The van der Waals surface area contributed by atoms with Gasteiger partial charge in [0.2, 0.25) is 5.91 Å². The van der Waals surface area contributed by atoms with E-state index in [4.69, 9.17) is 0 Å². The van der Waals surface area contributed by atoms with Crippen LogP contribution in [0.1, 0.15) is 20.7 Å². The van der Waals surface area contributed by atoms with Gasteiger partial charge in [-0.05, 0) is 42.5 Å². The molecular formula is C18H20N4O3. The summed E-state index contributed by atoms with van der Waals surface area (Å²) in [5.41, 5.74) is 2.28. The second-order valence-corrected chi connectivity index (χ2v) is 5.22. The molecule has 2 aromatic carbocycles. The Hall–Kier alpha value is -3.35. The number of hydrogen-bond acceptors (Lipinski definition) is 4. The Bertz CT molecular complexity index is 772. The van der Waals surface area contributed by atoms with Crippen molar-refractivity contribution in [1.29, 1.82) is 0 Å². The summed E-state index contributed by atoms with van der Waals surface area (Å²) in [6.45, 7) is 0.0591. The van der Waals surface area contributed by atoms with Gasteiger partial charge in [0, 0.05) is 36.6 Å². The van der Waals surface area contributed by atoms with Crippen molar-refractivity contribution in [2.75, 3.05) is 31.3 Å². The predicted octanol–water partition coefficient (Wildman–Crippen LogP) is 1.46. The number of nitrogens with one attached hydrogen (secondary N) is 4. The topological polar surface area (TPSA) is 99.3 Å². The Morgan fingerprint density at radius 3 is 2.08 bits per heavy atom. The predicted molar refractivity (Wildman–Crippen MR) is 96.8 cm³/mol. The van der Waals surface area contributed by atoms with Crippen molar-refractivity contribution < 1.29 is 14.4 Å². The van der Waals surface area contributed by atoms with Crippen molar-refractivity contribution in [2.24, 2.45) is 0 Å². The van der Waals surface area contributed by atoms with E-state index >= 15 is 0 Å². The molecule has 0 radical (unpaired) electrons. The molecule has 2 aromatic rings. The van der Waals surface area contributed by atoms with Gasteiger partial charge < -0.3 is 21.3 Å². The molecule has 0 aliphatic rings. The van der Waals surface area contributed by atoms with E-state index in [2.05, 4.69) is 21.3 Å². The van der Waals surface area contributed by atoms with Crippen molar-refractivity contribution >= 4 is 29.1 Å². The van der Waals surface area contributed by atoms with E-state index in [9.17, 15) is 14.4 Å². The number of benzene rings is 2. The average Bonchev–Trinajstić information content (AvgIpc) is 2.65. The first-order valence-electron chi connectivity index (χ1n) is 7.71. The van der Waals surface area contributed by atoms with Crippen LogP contribution in [0, 0.1) is 0 Å². The summed E-state index contributed by atoms with van der Waals surface area (Å²) in [5.74, 6) is -0.629. The summed E-state index contributed by atoms with van der Waals surface area (Å²) in [5, 5.41) is 10.8. The lowest BCUT2D eigenvalue weighted by molar-refractivity contribution is -0.114. The Kier molecular flexibility index (Phi) is 6.11. The highest BCUT2D eigenvalue weighted by Gasteiger charge is 2.07. The molecule has 0 spiro atoms. The third-order valence-corrected chi connectivity index (χ3v) is 3.46. The summed E-state index contributed by atoms with van der Waals surface area (Å²) >= 11 is 0. The molecule has 0 aliphatic heterocycles. The van der Waals surface area contributed by atoms with Gasteiger partial charge in [0.05, 0.1) is 6.54 Å². The van der Waals surface area contributed by atoms with Crippen molar-refractivity contribution in [3.8, 4) is 0 Å². The number of hydrogen-bond donors (Lipinski definition) is 4. The van der Waals surface area contributed by atoms with Gasteiger partial charge in [-0.1, -0.05) is 6.07 Å². The van der Waals surface area contributed by atoms with E-state index in [1.54, 1.807) is 62.6 Å². The summed E-state index contributed by atoms with van der Waals surface area (Å²) < 4.78 is 0. The van der Waals surface area contributed by atoms with Crippen molar-refractivity contribution in [3.05, 3.63) is 59.7 Å². The van der Waals surface area contributed by atoms with Crippen molar-refractivity contribution in [3.63, 3.8) is 0 Å². The molecule has 2 rings (SSSR count). The van der Waals surface area contributed by atoms with Crippen LogP contribution in [0.4, 0.5) is 11.4 Å². The van der Waals surface area contributed by atoms with Gasteiger partial charge >= 0.3 is 0 Å². The molecule has 0 fully saturated rings. The Morgan fingerprint density at radius 2 is 1.44 bits per heavy atom. The third-order valence-electron chi connectivity index (χ3n) is 3.46. The summed E-state index contributed by atoms with van der Waals surface area (Å²) in [6, 6.07) is 13.5. The lowest BCUT2D eigenvalue weighted by Crippen LogP contribution is -2.22. The molecule has 0 atom stereocenters. The zero-order valence-corrected chi connectivity index (χ0v) is 14.1. The van der Waals surface area contributed by atoms with Crippen molar-refractivity contribution in [1.82, 2.24) is 10.6 Å². The zero-order chi connectivity index (χ0) is 18.2. The monoisotopic (exact) mass is 340 g/mol. The molecule has 130 valence electrons. The quantitative estimate of drug-likeness (QED) is 0.640. The molecule has 0 heterocycles. The average molecular weight is 340 g/mol. The van der Waals surface area contributed by atoms with E-state index in [-0.39, 0.29) is 24.3 Å². The largest absolute Gasteiger partial charge is 0.376 e. The maximum atomic E-state index is 12.0. The second kappa shape index (κ2) is 8.49. The van der Waals surface area contributed by atoms with Crippen LogP contribution in [0.2, 0.25) is 0 Å². The summed E-state index contributed by atoms with van der Waals surface area (Å²) in [4.78, 5) is 35.1. The maximum Gasteiger partial charge on any atom is 0.251 e. The number of amides is 3. The normalized spacial score (nSPS) is 9.84. The maximum absolute atomic E-state index is 12.0. The lowest BCUT2D eigenvalue weighted by Gasteiger charge is -2.09. The van der Waals surface area contributed by atoms with Crippen LogP contribution in [-0.2, 0) is 4.79 Å². The van der Waals surface area contributed by atoms with Crippen LogP contribution in [0.25, 0.3) is 0 Å². The fraction of sp³-hybridized carbons (Fsp3) is 0.167. The Morgan fingerprint density at radius 1 is 0.800 bits per heavy atom. The minimum atomic E-state index is -0.246. The van der Waals surface area contributed by atoms with E-state index in [1.165, 1.54) is 0 Å². The van der Waals surface area contributed by atoms with Crippen LogP contribution >= 0.6 is 0 Å². The third kappa shape index (κ3) is 5.07. The molecule has 7 nitrogen and oxygen atoms in total. The van der Waals surface area contributed by atoms with E-state index < -0.39 is 0 Å². The van der Waals surface area contributed by atoms with Crippen molar-refractivity contribution in [2.45, 2.75) is 0 Å². The smallest absolute Gasteiger partial charge is 0.251 e. The molecule has 0 aliphatic carbocycles. The number of anilines is 2. The van der Waals surface area contributed by atoms with Crippen LogP contribution in [0.15, 0.2) is 48.5 Å². The summed E-state index contributed by atoms with van der Waals surface area (Å²) in [7, 11) is 3.12. The standard InChI is InChI=1S/C18H20N4O3/c1-19-17(24)12-6-8-14(9-7-12)21-11-16(23)22-15-5-3-4-13(10-15)18(25)20-2/h3-10,21H,11H2,1-2H3,(H,19,24)(H,20,25)(H,22,23). The van der Waals surface area contributed by atoms with E-state index in [1.807, 2.05) is 0 Å². The molecule has 0 aromatic heterocycles. The minimum absolute atomic E-state index is 0.0591. The fourth-order valence-electron chi connectivity index (χ4n) is 2.15. The van der Waals surface area contributed by atoms with Gasteiger partial charge in [-0.25, -0.2) is 0 Å². The highest BCUT2D eigenvalue weighted by Crippen LogP contribution is 2.12. The fourth-order valence-corrected chi connectivity index (χ4v) is 2.15. The Labute approximate surface area is 145 Å². The van der Waals surface area contributed by atoms with Crippen LogP contribution < -0.4 is 21.3 Å². The minimum Gasteiger partial charge on any atom is -0.376 e. The Balaban J connectivity index is 1.90. The molecule has 25 heavy (non-hydrogen) atoms. The molecule has 4 N–H and O–H groups in total. The zero-order valence-electron chi connectivity index (χ0n) is 14.1. The van der Waals surface area contributed by atoms with Crippen LogP contribution in [0.3, 0.4) is 0 Å². The molecule has 0 bridgehead atoms. The highest BCUT2D eigenvalue weighted by molar-refractivity contribution is 5.98. The van der Waals surface area contributed by atoms with E-state index in [0.717, 1.165) is 5.69 Å². The molecule has 7 heteroatoms. The first kappa shape index (κ1) is 18.0. The second-order valence-electron chi connectivity index (χ2n) is 5.22. The molecular weight excluding hydrogens is 320 g/mol. The first-order chi connectivity index (χ1) is 12.0. The summed E-state index contributed by atoms with van der Waals surface area (Å²) in [6.07, 6.45) is 0. The van der Waals surface area contributed by atoms with Gasteiger partial charge in [0.1, 0.15) is 0 Å². The number of rotatable bonds is 6. The molecule has 0 saturated carbocycles. The first-order valence-corrected chi connectivity index (χ1v) is 7.71. The molecule has 3 amide bonds. The lowest BCUT2D eigenvalue weighted by atomic mass is 10.2. The van der Waals surface area contributed by atoms with Gasteiger partial charge in [0.25, 0.3) is 11.8 Å². The number of carbonyl (C=O) groups excluding carboxylic acids is 3. The van der Waals surface area contributed by atoms with Gasteiger partial charge in [-0.2, -0.15) is 0 Å². The highest BCUT2D eigenvalue weighted by atomic mass is 16.2. The SMILES string of the molecule is CNC(=O)c1ccc(NCC(=O)Nc2cccc(C(=O)NC)c2)cc1. The van der Waals surface area contributed by atoms with Gasteiger partial charge in [-0.3, -0.25) is 14.4 Å². The van der Waals surface area contributed by atoms with Crippen LogP contribution in [-0.4, -0.2) is 38.4 Å². The number of carbonyl (C=O) groups is 3. The van der Waals surface area contributed by atoms with Gasteiger partial charge in [0.15, 0.2) is 0 Å².